The van der Waals surface area contributed by atoms with Gasteiger partial charge in [-0.2, -0.15) is 0 Å². The Morgan fingerprint density at radius 3 is 2.71 bits per heavy atom. The Morgan fingerprint density at radius 1 is 1.10 bits per heavy atom. The summed E-state index contributed by atoms with van der Waals surface area (Å²) in [5.74, 6) is 0.604. The Morgan fingerprint density at radius 2 is 1.90 bits per heavy atom. The molecule has 0 radical (unpaired) electrons. The van der Waals surface area contributed by atoms with Gasteiger partial charge in [-0.3, -0.25) is 0 Å². The number of halogens is 2. The molecule has 2 heterocycles. The molecular weight excluding hydrogens is 287 g/mol. The number of H-pyrrole nitrogens is 1. The number of fused-ring (bicyclic) bond motifs is 3. The molecule has 1 aliphatic carbocycles. The summed E-state index contributed by atoms with van der Waals surface area (Å²) in [5.41, 5.74) is 3.75. The van der Waals surface area contributed by atoms with Crippen LogP contribution >= 0.6 is 12.4 Å². The molecule has 0 saturated heterocycles. The van der Waals surface area contributed by atoms with E-state index in [1.807, 2.05) is 6.07 Å². The van der Waals surface area contributed by atoms with E-state index in [4.69, 9.17) is 0 Å². The fourth-order valence-corrected chi connectivity index (χ4v) is 4.10. The van der Waals surface area contributed by atoms with Gasteiger partial charge in [0.1, 0.15) is 5.82 Å². The van der Waals surface area contributed by atoms with Crippen molar-refractivity contribution in [2.45, 2.75) is 44.6 Å². The van der Waals surface area contributed by atoms with Crippen LogP contribution in [0.3, 0.4) is 0 Å². The van der Waals surface area contributed by atoms with Gasteiger partial charge in [0.05, 0.1) is 6.04 Å². The highest BCUT2D eigenvalue weighted by Gasteiger charge is 2.31. The van der Waals surface area contributed by atoms with Crippen molar-refractivity contribution in [2.24, 2.45) is 5.92 Å². The lowest BCUT2D eigenvalue weighted by atomic mass is 9.80. The lowest BCUT2D eigenvalue weighted by Gasteiger charge is -2.34. The molecule has 0 amide bonds. The van der Waals surface area contributed by atoms with Gasteiger partial charge in [0, 0.05) is 16.6 Å². The number of rotatable bonds is 1. The fraction of sp³-hybridized carbons (Fsp3) is 0.529. The Labute approximate surface area is 130 Å². The second kappa shape index (κ2) is 5.98. The van der Waals surface area contributed by atoms with Gasteiger partial charge in [-0.15, -0.1) is 12.4 Å². The van der Waals surface area contributed by atoms with Gasteiger partial charge < -0.3 is 10.3 Å². The highest BCUT2D eigenvalue weighted by Crippen LogP contribution is 2.39. The molecule has 1 aromatic heterocycles. The summed E-state index contributed by atoms with van der Waals surface area (Å²) in [6.45, 7) is 1.01. The van der Waals surface area contributed by atoms with Crippen molar-refractivity contribution in [3.8, 4) is 0 Å². The van der Waals surface area contributed by atoms with Crippen LogP contribution in [0.2, 0.25) is 0 Å². The molecule has 1 aliphatic heterocycles. The van der Waals surface area contributed by atoms with Crippen molar-refractivity contribution in [2.75, 3.05) is 6.54 Å². The van der Waals surface area contributed by atoms with Crippen molar-refractivity contribution in [3.63, 3.8) is 0 Å². The molecule has 1 atom stereocenters. The summed E-state index contributed by atoms with van der Waals surface area (Å²) in [6, 6.07) is 5.55. The third kappa shape index (κ3) is 2.58. The van der Waals surface area contributed by atoms with Crippen LogP contribution < -0.4 is 5.32 Å². The zero-order valence-electron chi connectivity index (χ0n) is 12.1. The van der Waals surface area contributed by atoms with Crippen molar-refractivity contribution in [3.05, 3.63) is 35.3 Å². The Hall–Kier alpha value is -1.06. The molecular formula is C17H22ClFN2. The van der Waals surface area contributed by atoms with Gasteiger partial charge in [-0.05, 0) is 55.5 Å². The molecule has 1 aromatic carbocycles. The first-order valence-electron chi connectivity index (χ1n) is 7.86. The van der Waals surface area contributed by atoms with E-state index in [0.717, 1.165) is 29.8 Å². The smallest absolute Gasteiger partial charge is 0.123 e. The van der Waals surface area contributed by atoms with Crippen LogP contribution in [0.1, 0.15) is 49.4 Å². The predicted octanol–water partition coefficient (Wildman–Crippen LogP) is 4.50. The molecule has 4 heteroatoms. The van der Waals surface area contributed by atoms with E-state index >= 15 is 0 Å². The topological polar surface area (TPSA) is 27.8 Å². The van der Waals surface area contributed by atoms with Crippen LogP contribution in [0, 0.1) is 11.7 Å². The van der Waals surface area contributed by atoms with Gasteiger partial charge in [-0.25, -0.2) is 4.39 Å². The lowest BCUT2D eigenvalue weighted by Crippen LogP contribution is -2.35. The van der Waals surface area contributed by atoms with Gasteiger partial charge in [-0.1, -0.05) is 19.3 Å². The average molecular weight is 309 g/mol. The van der Waals surface area contributed by atoms with E-state index in [0.29, 0.717) is 6.04 Å². The molecule has 114 valence electrons. The second-order valence-electron chi connectivity index (χ2n) is 6.29. The fourth-order valence-electron chi connectivity index (χ4n) is 4.10. The maximum absolute atomic E-state index is 13.5. The van der Waals surface area contributed by atoms with E-state index in [-0.39, 0.29) is 18.2 Å². The van der Waals surface area contributed by atoms with Crippen molar-refractivity contribution < 1.29 is 4.39 Å². The van der Waals surface area contributed by atoms with Gasteiger partial charge in [0.25, 0.3) is 0 Å². The molecule has 2 aliphatic rings. The number of hydrogen-bond acceptors (Lipinski definition) is 1. The molecule has 1 fully saturated rings. The zero-order chi connectivity index (χ0) is 13.5. The third-order valence-electron chi connectivity index (χ3n) is 5.07. The minimum absolute atomic E-state index is 0. The highest BCUT2D eigenvalue weighted by molar-refractivity contribution is 5.85. The minimum Gasteiger partial charge on any atom is -0.357 e. The Kier molecular flexibility index (Phi) is 4.23. The standard InChI is InChI=1S/C17H21FN2.ClH/c18-12-6-7-15-14(10-12)13-8-9-19-16(17(13)20-15)11-4-2-1-3-5-11;/h6-7,10-11,16,19-20H,1-5,8-9H2;1H. The molecule has 0 bridgehead atoms. The highest BCUT2D eigenvalue weighted by atomic mass is 35.5. The Balaban J connectivity index is 0.00000132. The van der Waals surface area contributed by atoms with E-state index in [1.54, 1.807) is 12.1 Å². The first kappa shape index (κ1) is 14.9. The van der Waals surface area contributed by atoms with Crippen molar-refractivity contribution >= 4 is 23.3 Å². The second-order valence-corrected chi connectivity index (χ2v) is 6.29. The largest absolute Gasteiger partial charge is 0.357 e. The molecule has 4 rings (SSSR count). The van der Waals surface area contributed by atoms with Crippen molar-refractivity contribution in [1.29, 1.82) is 0 Å². The first-order chi connectivity index (χ1) is 9.83. The quantitative estimate of drug-likeness (QED) is 0.798. The number of aromatic nitrogens is 1. The van der Waals surface area contributed by atoms with Crippen LogP contribution in [-0.2, 0) is 6.42 Å². The molecule has 2 aromatic rings. The molecule has 1 saturated carbocycles. The summed E-state index contributed by atoms with van der Waals surface area (Å²) in [7, 11) is 0. The molecule has 21 heavy (non-hydrogen) atoms. The van der Waals surface area contributed by atoms with E-state index < -0.39 is 0 Å². The SMILES string of the molecule is Cl.Fc1ccc2[nH]c3c(c2c1)CCNC3C1CCCCC1. The number of benzene rings is 1. The van der Waals surface area contributed by atoms with Gasteiger partial charge in [0.15, 0.2) is 0 Å². The summed E-state index contributed by atoms with van der Waals surface area (Å²) >= 11 is 0. The van der Waals surface area contributed by atoms with Crippen LogP contribution in [0.5, 0.6) is 0 Å². The molecule has 1 unspecified atom stereocenters. The van der Waals surface area contributed by atoms with E-state index in [9.17, 15) is 4.39 Å². The third-order valence-corrected chi connectivity index (χ3v) is 5.07. The summed E-state index contributed by atoms with van der Waals surface area (Å²) in [4.78, 5) is 3.56. The van der Waals surface area contributed by atoms with Crippen LogP contribution in [0.15, 0.2) is 18.2 Å². The molecule has 2 N–H and O–H groups in total. The zero-order valence-corrected chi connectivity index (χ0v) is 12.9. The van der Waals surface area contributed by atoms with Crippen LogP contribution in [-0.4, -0.2) is 11.5 Å². The summed E-state index contributed by atoms with van der Waals surface area (Å²) < 4.78 is 13.5. The van der Waals surface area contributed by atoms with Gasteiger partial charge in [0.2, 0.25) is 0 Å². The normalized spacial score (nSPS) is 22.8. The van der Waals surface area contributed by atoms with Crippen LogP contribution in [0.25, 0.3) is 10.9 Å². The van der Waals surface area contributed by atoms with Gasteiger partial charge >= 0.3 is 0 Å². The summed E-state index contributed by atoms with van der Waals surface area (Å²) in [6.07, 6.45) is 7.73. The minimum atomic E-state index is -0.132. The van der Waals surface area contributed by atoms with E-state index in [1.165, 1.54) is 43.4 Å². The number of nitrogens with one attached hydrogen (secondary N) is 2. The predicted molar refractivity (Wildman–Crippen MR) is 86.5 cm³/mol. The number of hydrogen-bond donors (Lipinski definition) is 2. The Bertz CT molecular complexity index is 631. The monoisotopic (exact) mass is 308 g/mol. The summed E-state index contributed by atoms with van der Waals surface area (Å²) in [5, 5.41) is 4.78. The number of aromatic amines is 1. The lowest BCUT2D eigenvalue weighted by molar-refractivity contribution is 0.262. The average Bonchev–Trinajstić information content (AvgIpc) is 2.86. The first-order valence-corrected chi connectivity index (χ1v) is 7.86. The van der Waals surface area contributed by atoms with Crippen molar-refractivity contribution in [1.82, 2.24) is 10.3 Å². The maximum atomic E-state index is 13.5. The van der Waals surface area contributed by atoms with Crippen LogP contribution in [0.4, 0.5) is 4.39 Å². The molecule has 2 nitrogen and oxygen atoms in total. The van der Waals surface area contributed by atoms with E-state index in [2.05, 4.69) is 10.3 Å². The maximum Gasteiger partial charge on any atom is 0.123 e. The molecule has 0 spiro atoms.